The standard InChI is InChI=1S/C25H26N4O3S/c1-16-7-5-8-20(13-16)25-28-27-24(32-25)19(4)26-21-9-6-10-22(15-21)29-33(30,31)23-12-11-17(2)18(3)14-23/h5-15,19,26,29H,1-4H3/t19-/m1/s1. The summed E-state index contributed by atoms with van der Waals surface area (Å²) in [6, 6.07) is 19.7. The molecule has 0 saturated carbocycles. The van der Waals surface area contributed by atoms with Crippen LogP contribution in [0.5, 0.6) is 0 Å². The van der Waals surface area contributed by atoms with Crippen molar-refractivity contribution in [2.45, 2.75) is 38.6 Å². The second kappa shape index (κ2) is 9.07. The molecule has 0 aliphatic rings. The molecule has 0 aliphatic carbocycles. The minimum Gasteiger partial charge on any atom is -0.418 e. The normalized spacial score (nSPS) is 12.4. The Hall–Kier alpha value is -3.65. The van der Waals surface area contributed by atoms with Crippen LogP contribution in [-0.4, -0.2) is 18.6 Å². The van der Waals surface area contributed by atoms with Crippen molar-refractivity contribution >= 4 is 21.4 Å². The summed E-state index contributed by atoms with van der Waals surface area (Å²) in [6.45, 7) is 7.75. The van der Waals surface area contributed by atoms with E-state index in [0.717, 1.165) is 27.9 Å². The molecule has 0 aliphatic heterocycles. The first kappa shape index (κ1) is 22.5. The second-order valence-electron chi connectivity index (χ2n) is 8.11. The summed E-state index contributed by atoms with van der Waals surface area (Å²) in [6.07, 6.45) is 0. The maximum absolute atomic E-state index is 12.8. The quantitative estimate of drug-likeness (QED) is 0.369. The topological polar surface area (TPSA) is 97.1 Å². The van der Waals surface area contributed by atoms with Crippen molar-refractivity contribution < 1.29 is 12.8 Å². The summed E-state index contributed by atoms with van der Waals surface area (Å²) in [5.41, 5.74) is 5.11. The largest absolute Gasteiger partial charge is 0.418 e. The lowest BCUT2D eigenvalue weighted by molar-refractivity contribution is 0.485. The number of nitrogens with one attached hydrogen (secondary N) is 2. The van der Waals surface area contributed by atoms with E-state index in [1.54, 1.807) is 36.4 Å². The van der Waals surface area contributed by atoms with Gasteiger partial charge >= 0.3 is 0 Å². The number of hydrogen-bond acceptors (Lipinski definition) is 6. The molecule has 33 heavy (non-hydrogen) atoms. The summed E-state index contributed by atoms with van der Waals surface area (Å²) in [5, 5.41) is 11.6. The Morgan fingerprint density at radius 1 is 0.848 bits per heavy atom. The highest BCUT2D eigenvalue weighted by molar-refractivity contribution is 7.92. The van der Waals surface area contributed by atoms with Crippen molar-refractivity contribution in [2.24, 2.45) is 0 Å². The third kappa shape index (κ3) is 5.23. The fourth-order valence-electron chi connectivity index (χ4n) is 3.38. The summed E-state index contributed by atoms with van der Waals surface area (Å²) in [7, 11) is -3.70. The first-order chi connectivity index (χ1) is 15.7. The molecular weight excluding hydrogens is 436 g/mol. The average molecular weight is 463 g/mol. The van der Waals surface area contributed by atoms with Crippen LogP contribution in [0.1, 0.15) is 35.5 Å². The predicted molar refractivity (Wildman–Crippen MR) is 130 cm³/mol. The van der Waals surface area contributed by atoms with Crippen molar-refractivity contribution in [1.29, 1.82) is 0 Å². The van der Waals surface area contributed by atoms with Gasteiger partial charge in [0.25, 0.3) is 10.0 Å². The van der Waals surface area contributed by atoms with E-state index in [4.69, 9.17) is 4.42 Å². The first-order valence-electron chi connectivity index (χ1n) is 10.6. The van der Waals surface area contributed by atoms with E-state index in [9.17, 15) is 8.42 Å². The minimum absolute atomic E-state index is 0.229. The number of aryl methyl sites for hydroxylation is 3. The number of nitrogens with zero attached hydrogens (tertiary/aromatic N) is 2. The van der Waals surface area contributed by atoms with Crippen LogP contribution >= 0.6 is 0 Å². The van der Waals surface area contributed by atoms with Crippen LogP contribution in [0.4, 0.5) is 11.4 Å². The third-order valence-electron chi connectivity index (χ3n) is 5.36. The van der Waals surface area contributed by atoms with Crippen molar-refractivity contribution in [3.05, 3.63) is 89.3 Å². The Kier molecular flexibility index (Phi) is 6.20. The van der Waals surface area contributed by atoms with Gasteiger partial charge in [-0.3, -0.25) is 4.72 Å². The van der Waals surface area contributed by atoms with E-state index in [0.29, 0.717) is 17.5 Å². The maximum Gasteiger partial charge on any atom is 0.261 e. The molecule has 0 bridgehead atoms. The molecule has 7 nitrogen and oxygen atoms in total. The minimum atomic E-state index is -3.70. The molecule has 3 aromatic carbocycles. The van der Waals surface area contributed by atoms with E-state index in [1.807, 2.05) is 58.0 Å². The van der Waals surface area contributed by atoms with E-state index in [-0.39, 0.29) is 10.9 Å². The van der Waals surface area contributed by atoms with Gasteiger partial charge in [0.15, 0.2) is 0 Å². The van der Waals surface area contributed by atoms with Crippen molar-refractivity contribution in [1.82, 2.24) is 10.2 Å². The molecule has 1 heterocycles. The third-order valence-corrected chi connectivity index (χ3v) is 6.74. The number of hydrogen-bond donors (Lipinski definition) is 2. The summed E-state index contributed by atoms with van der Waals surface area (Å²) < 4.78 is 34.1. The van der Waals surface area contributed by atoms with Gasteiger partial charge < -0.3 is 9.73 Å². The van der Waals surface area contributed by atoms with E-state index >= 15 is 0 Å². The second-order valence-corrected chi connectivity index (χ2v) is 9.80. The van der Waals surface area contributed by atoms with Gasteiger partial charge in [0.1, 0.15) is 6.04 Å². The van der Waals surface area contributed by atoms with E-state index in [2.05, 4.69) is 20.2 Å². The van der Waals surface area contributed by atoms with Gasteiger partial charge in [-0.1, -0.05) is 29.8 Å². The lowest BCUT2D eigenvalue weighted by Crippen LogP contribution is -2.13. The van der Waals surface area contributed by atoms with Crippen LogP contribution in [0.3, 0.4) is 0 Å². The Morgan fingerprint density at radius 3 is 2.36 bits per heavy atom. The fraction of sp³-hybridized carbons (Fsp3) is 0.200. The van der Waals surface area contributed by atoms with Gasteiger partial charge in [-0.05, 0) is 81.3 Å². The molecule has 0 saturated heterocycles. The van der Waals surface area contributed by atoms with Crippen LogP contribution in [0.2, 0.25) is 0 Å². The first-order valence-corrected chi connectivity index (χ1v) is 12.1. The molecule has 0 fully saturated rings. The Morgan fingerprint density at radius 2 is 1.61 bits per heavy atom. The highest BCUT2D eigenvalue weighted by atomic mass is 32.2. The molecule has 0 spiro atoms. The van der Waals surface area contributed by atoms with Crippen molar-refractivity contribution in [3.8, 4) is 11.5 Å². The predicted octanol–water partition coefficient (Wildman–Crippen LogP) is 5.64. The van der Waals surface area contributed by atoms with E-state index in [1.165, 1.54) is 0 Å². The zero-order chi connectivity index (χ0) is 23.6. The zero-order valence-corrected chi connectivity index (χ0v) is 19.8. The molecule has 0 radical (unpaired) electrons. The molecule has 0 amide bonds. The molecule has 8 heteroatoms. The molecule has 1 aromatic heterocycles. The van der Waals surface area contributed by atoms with Gasteiger partial charge in [-0.15, -0.1) is 10.2 Å². The molecule has 0 unspecified atom stereocenters. The molecular formula is C25H26N4O3S. The van der Waals surface area contributed by atoms with Gasteiger partial charge in [-0.25, -0.2) is 8.42 Å². The highest BCUT2D eigenvalue weighted by Gasteiger charge is 2.17. The van der Waals surface area contributed by atoms with Crippen LogP contribution in [-0.2, 0) is 10.0 Å². The van der Waals surface area contributed by atoms with Crippen molar-refractivity contribution in [2.75, 3.05) is 10.0 Å². The van der Waals surface area contributed by atoms with Crippen molar-refractivity contribution in [3.63, 3.8) is 0 Å². The number of rotatable bonds is 7. The van der Waals surface area contributed by atoms with Crippen LogP contribution in [0.25, 0.3) is 11.5 Å². The van der Waals surface area contributed by atoms with Gasteiger partial charge in [0.2, 0.25) is 11.8 Å². The average Bonchev–Trinajstić information content (AvgIpc) is 3.26. The lowest BCUT2D eigenvalue weighted by Gasteiger charge is -2.14. The Labute approximate surface area is 193 Å². The maximum atomic E-state index is 12.8. The van der Waals surface area contributed by atoms with Crippen LogP contribution in [0.15, 0.2) is 76.0 Å². The zero-order valence-electron chi connectivity index (χ0n) is 19.0. The number of sulfonamides is 1. The number of aromatic nitrogens is 2. The summed E-state index contributed by atoms with van der Waals surface area (Å²) >= 11 is 0. The monoisotopic (exact) mass is 462 g/mol. The SMILES string of the molecule is Cc1cccc(-c2nnc([C@@H](C)Nc3cccc(NS(=O)(=O)c4ccc(C)c(C)c4)c3)o2)c1. The van der Waals surface area contributed by atoms with Gasteiger partial charge in [0, 0.05) is 11.3 Å². The molecule has 170 valence electrons. The number of benzene rings is 3. The van der Waals surface area contributed by atoms with Crippen LogP contribution in [0, 0.1) is 20.8 Å². The van der Waals surface area contributed by atoms with Crippen LogP contribution < -0.4 is 10.0 Å². The summed E-state index contributed by atoms with van der Waals surface area (Å²) in [4.78, 5) is 0.229. The molecule has 4 rings (SSSR count). The van der Waals surface area contributed by atoms with Gasteiger partial charge in [0.05, 0.1) is 10.6 Å². The Bertz CT molecular complexity index is 1400. The van der Waals surface area contributed by atoms with Gasteiger partial charge in [-0.2, -0.15) is 0 Å². The Balaban J connectivity index is 1.48. The lowest BCUT2D eigenvalue weighted by atomic mass is 10.1. The molecule has 4 aromatic rings. The number of anilines is 2. The molecule has 2 N–H and O–H groups in total. The highest BCUT2D eigenvalue weighted by Crippen LogP contribution is 2.26. The fourth-order valence-corrected chi connectivity index (χ4v) is 4.52. The smallest absolute Gasteiger partial charge is 0.261 e. The van der Waals surface area contributed by atoms with E-state index < -0.39 is 10.0 Å². The molecule has 1 atom stereocenters. The summed E-state index contributed by atoms with van der Waals surface area (Å²) in [5.74, 6) is 0.893.